The van der Waals surface area contributed by atoms with Crippen molar-refractivity contribution in [3.63, 3.8) is 0 Å². The third-order valence-corrected chi connectivity index (χ3v) is 2.94. The molecule has 0 aliphatic carbocycles. The topological polar surface area (TPSA) is 40.7 Å². The maximum Gasteiger partial charge on any atom is 0.110 e. The molecule has 3 nitrogen and oxygen atoms in total. The average Bonchev–Trinajstić information content (AvgIpc) is 2.73. The molecule has 1 aromatic carbocycles. The number of benzene rings is 1. The number of aromatic nitrogens is 2. The lowest BCUT2D eigenvalue weighted by Gasteiger charge is -2.19. The molecule has 0 saturated heterocycles. The fourth-order valence-electron chi connectivity index (χ4n) is 1.96. The van der Waals surface area contributed by atoms with E-state index in [0.717, 1.165) is 24.5 Å². The van der Waals surface area contributed by atoms with Gasteiger partial charge in [0, 0.05) is 30.4 Å². The number of aryl methyl sites for hydroxylation is 1. The first-order valence-electron chi connectivity index (χ1n) is 6.76. The van der Waals surface area contributed by atoms with Crippen molar-refractivity contribution in [1.29, 1.82) is 0 Å². The highest BCUT2D eigenvalue weighted by Gasteiger charge is 2.09. The predicted octanol–water partition coefficient (Wildman–Crippen LogP) is 3.20. The van der Waals surface area contributed by atoms with Gasteiger partial charge in [-0.2, -0.15) is 0 Å². The van der Waals surface area contributed by atoms with Crippen LogP contribution in [0.15, 0.2) is 30.5 Å². The molecule has 2 aromatic rings. The maximum absolute atomic E-state index is 4.45. The van der Waals surface area contributed by atoms with E-state index in [1.807, 2.05) is 6.20 Å². The quantitative estimate of drug-likeness (QED) is 0.883. The highest BCUT2D eigenvalue weighted by molar-refractivity contribution is 5.25. The molecule has 19 heavy (non-hydrogen) atoms. The van der Waals surface area contributed by atoms with Crippen LogP contribution in [0.25, 0.3) is 0 Å². The van der Waals surface area contributed by atoms with Gasteiger partial charge in [0.25, 0.3) is 0 Å². The van der Waals surface area contributed by atoms with Crippen LogP contribution in [0.5, 0.6) is 0 Å². The number of aromatic amines is 1. The molecule has 102 valence electrons. The molecule has 0 bridgehead atoms. The molecule has 1 heterocycles. The summed E-state index contributed by atoms with van der Waals surface area (Å²) in [5.41, 5.74) is 3.85. The molecule has 0 unspecified atom stereocenters. The lowest BCUT2D eigenvalue weighted by molar-refractivity contribution is 0.421. The van der Waals surface area contributed by atoms with Crippen LogP contribution >= 0.6 is 0 Å². The predicted molar refractivity (Wildman–Crippen MR) is 79.2 cm³/mol. The van der Waals surface area contributed by atoms with E-state index < -0.39 is 0 Å². The van der Waals surface area contributed by atoms with Crippen LogP contribution < -0.4 is 5.32 Å². The van der Waals surface area contributed by atoms with Crippen LogP contribution in [0.2, 0.25) is 0 Å². The Bertz CT molecular complexity index is 535. The van der Waals surface area contributed by atoms with Crippen molar-refractivity contribution in [3.05, 3.63) is 53.1 Å². The minimum absolute atomic E-state index is 0.127. The molecule has 3 heteroatoms. The molecule has 0 aliphatic rings. The van der Waals surface area contributed by atoms with Crippen LogP contribution in [0.4, 0.5) is 0 Å². The molecular formula is C16H23N3. The maximum atomic E-state index is 4.45. The number of imidazole rings is 1. The largest absolute Gasteiger partial charge is 0.345 e. The molecule has 2 rings (SSSR count). The summed E-state index contributed by atoms with van der Waals surface area (Å²) in [4.78, 5) is 7.83. The zero-order chi connectivity index (χ0) is 13.9. The summed E-state index contributed by atoms with van der Waals surface area (Å²) in [6.07, 6.45) is 2.78. The normalized spacial score (nSPS) is 11.8. The van der Waals surface area contributed by atoms with E-state index in [1.54, 1.807) is 0 Å². The van der Waals surface area contributed by atoms with Gasteiger partial charge < -0.3 is 10.3 Å². The van der Waals surface area contributed by atoms with Gasteiger partial charge >= 0.3 is 0 Å². The van der Waals surface area contributed by atoms with Gasteiger partial charge in [0.05, 0.1) is 0 Å². The lowest BCUT2D eigenvalue weighted by atomic mass is 10.1. The van der Waals surface area contributed by atoms with Crippen LogP contribution in [0.1, 0.15) is 43.4 Å². The molecule has 0 saturated carbocycles. The highest BCUT2D eigenvalue weighted by Crippen LogP contribution is 2.09. The summed E-state index contributed by atoms with van der Waals surface area (Å²) in [5.74, 6) is 1.02. The van der Waals surface area contributed by atoms with Crippen molar-refractivity contribution in [2.75, 3.05) is 0 Å². The number of hydrogen-bond donors (Lipinski definition) is 2. The summed E-state index contributed by atoms with van der Waals surface area (Å²) < 4.78 is 0. The lowest BCUT2D eigenvalue weighted by Crippen LogP contribution is -2.35. The molecular weight excluding hydrogens is 234 g/mol. The Labute approximate surface area is 115 Å². The number of hydrogen-bond acceptors (Lipinski definition) is 2. The van der Waals surface area contributed by atoms with Gasteiger partial charge in [0.1, 0.15) is 5.82 Å². The van der Waals surface area contributed by atoms with Crippen LogP contribution in [0, 0.1) is 6.92 Å². The molecule has 0 spiro atoms. The summed E-state index contributed by atoms with van der Waals surface area (Å²) >= 11 is 0. The molecule has 0 aliphatic heterocycles. The Morgan fingerprint density at radius 2 is 2.05 bits per heavy atom. The van der Waals surface area contributed by atoms with Gasteiger partial charge in [-0.3, -0.25) is 0 Å². The van der Waals surface area contributed by atoms with Crippen molar-refractivity contribution < 1.29 is 0 Å². The summed E-state index contributed by atoms with van der Waals surface area (Å²) in [6.45, 7) is 9.43. The Balaban J connectivity index is 1.97. The van der Waals surface area contributed by atoms with Crippen molar-refractivity contribution in [2.45, 2.75) is 46.2 Å². The van der Waals surface area contributed by atoms with Crippen molar-refractivity contribution in [3.8, 4) is 0 Å². The monoisotopic (exact) mass is 257 g/mol. The van der Waals surface area contributed by atoms with E-state index >= 15 is 0 Å². The van der Waals surface area contributed by atoms with Crippen LogP contribution in [-0.2, 0) is 13.0 Å². The Morgan fingerprint density at radius 3 is 2.74 bits per heavy atom. The Hall–Kier alpha value is -1.61. The molecule has 0 atom stereocenters. The van der Waals surface area contributed by atoms with E-state index in [-0.39, 0.29) is 5.54 Å². The first kappa shape index (κ1) is 13.8. The van der Waals surface area contributed by atoms with Crippen LogP contribution in [0.3, 0.4) is 0 Å². The van der Waals surface area contributed by atoms with Crippen molar-refractivity contribution >= 4 is 0 Å². The SMILES string of the molecule is Cc1cccc(Cc2ncc(CNC(C)(C)C)[nH]2)c1. The Morgan fingerprint density at radius 1 is 1.26 bits per heavy atom. The van der Waals surface area contributed by atoms with Gasteiger partial charge in [-0.1, -0.05) is 29.8 Å². The zero-order valence-electron chi connectivity index (χ0n) is 12.2. The van der Waals surface area contributed by atoms with Crippen molar-refractivity contribution in [2.24, 2.45) is 0 Å². The first-order chi connectivity index (χ1) is 8.92. The first-order valence-corrected chi connectivity index (χ1v) is 6.76. The summed E-state index contributed by atoms with van der Waals surface area (Å²) in [6, 6.07) is 8.55. The van der Waals surface area contributed by atoms with Gasteiger partial charge in [-0.05, 0) is 33.3 Å². The van der Waals surface area contributed by atoms with Crippen molar-refractivity contribution in [1.82, 2.24) is 15.3 Å². The number of H-pyrrole nitrogens is 1. The van der Waals surface area contributed by atoms with E-state index in [2.05, 4.69) is 67.2 Å². The average molecular weight is 257 g/mol. The third kappa shape index (κ3) is 4.52. The smallest absolute Gasteiger partial charge is 0.110 e. The van der Waals surface area contributed by atoms with E-state index in [0.29, 0.717) is 0 Å². The second kappa shape index (κ2) is 5.57. The fourth-order valence-corrected chi connectivity index (χ4v) is 1.96. The number of nitrogens with zero attached hydrogens (tertiary/aromatic N) is 1. The van der Waals surface area contributed by atoms with E-state index in [1.165, 1.54) is 11.1 Å². The fraction of sp³-hybridized carbons (Fsp3) is 0.438. The molecule has 1 aromatic heterocycles. The minimum Gasteiger partial charge on any atom is -0.345 e. The highest BCUT2D eigenvalue weighted by atomic mass is 15.0. The minimum atomic E-state index is 0.127. The second-order valence-electron chi connectivity index (χ2n) is 6.12. The Kier molecular flexibility index (Phi) is 4.05. The van der Waals surface area contributed by atoms with Gasteiger partial charge in [-0.25, -0.2) is 4.98 Å². The van der Waals surface area contributed by atoms with Gasteiger partial charge in [0.15, 0.2) is 0 Å². The number of nitrogens with one attached hydrogen (secondary N) is 2. The standard InChI is InChI=1S/C16H23N3/c1-12-6-5-7-13(8-12)9-15-17-10-14(19-15)11-18-16(2,3)4/h5-8,10,18H,9,11H2,1-4H3,(H,17,19). The molecule has 0 amide bonds. The summed E-state index contributed by atoms with van der Waals surface area (Å²) in [5, 5.41) is 3.45. The van der Waals surface area contributed by atoms with Gasteiger partial charge in [0.2, 0.25) is 0 Å². The molecule has 2 N–H and O–H groups in total. The number of rotatable bonds is 4. The second-order valence-corrected chi connectivity index (χ2v) is 6.12. The van der Waals surface area contributed by atoms with Gasteiger partial charge in [-0.15, -0.1) is 0 Å². The van der Waals surface area contributed by atoms with E-state index in [4.69, 9.17) is 0 Å². The summed E-state index contributed by atoms with van der Waals surface area (Å²) in [7, 11) is 0. The molecule has 0 fully saturated rings. The third-order valence-electron chi connectivity index (χ3n) is 2.94. The zero-order valence-corrected chi connectivity index (χ0v) is 12.2. The van der Waals surface area contributed by atoms with Crippen LogP contribution in [-0.4, -0.2) is 15.5 Å². The molecule has 0 radical (unpaired) electrons. The van der Waals surface area contributed by atoms with E-state index in [9.17, 15) is 0 Å².